The zero-order valence-corrected chi connectivity index (χ0v) is 42.5. The molecule has 0 saturated carbocycles. The average molecular weight is 1010 g/mol. The molecule has 3 aliphatic rings. The van der Waals surface area contributed by atoms with Crippen molar-refractivity contribution in [3.63, 3.8) is 0 Å². The van der Waals surface area contributed by atoms with Crippen LogP contribution in [0.15, 0.2) is 65.5 Å². The Kier molecular flexibility index (Phi) is 20.3. The molecule has 0 radical (unpaired) electrons. The quantitative estimate of drug-likeness (QED) is 0.0335. The number of nitrogens with zero attached hydrogens (tertiary/aromatic N) is 2. The maximum absolute atomic E-state index is 14.1. The number of fused-ring (bicyclic) bond motifs is 1. The van der Waals surface area contributed by atoms with E-state index < -0.39 is 29.7 Å². The van der Waals surface area contributed by atoms with Gasteiger partial charge in [0.2, 0.25) is 11.8 Å². The van der Waals surface area contributed by atoms with Crippen LogP contribution in [0.5, 0.6) is 5.75 Å². The van der Waals surface area contributed by atoms with Gasteiger partial charge in [-0.15, -0.1) is 0 Å². The summed E-state index contributed by atoms with van der Waals surface area (Å²) < 4.78 is 40.0. The van der Waals surface area contributed by atoms with Gasteiger partial charge in [-0.1, -0.05) is 18.2 Å². The first-order chi connectivity index (χ1) is 35.4. The Balaban J connectivity index is 0.755. The van der Waals surface area contributed by atoms with E-state index in [1.54, 1.807) is 18.2 Å². The van der Waals surface area contributed by atoms with Crippen LogP contribution < -0.4 is 25.8 Å². The number of ketones is 1. The van der Waals surface area contributed by atoms with Gasteiger partial charge in [-0.25, -0.2) is 0 Å². The van der Waals surface area contributed by atoms with Crippen molar-refractivity contribution in [1.82, 2.24) is 15.2 Å². The molecule has 73 heavy (non-hydrogen) atoms. The Morgan fingerprint density at radius 1 is 0.753 bits per heavy atom. The second-order valence-electron chi connectivity index (χ2n) is 18.2. The number of nitrogens with one attached hydrogen (secondary N) is 3. The van der Waals surface area contributed by atoms with Crippen LogP contribution in [0.1, 0.15) is 92.5 Å². The van der Waals surface area contributed by atoms with Crippen LogP contribution in [0, 0.1) is 20.8 Å². The summed E-state index contributed by atoms with van der Waals surface area (Å²) in [5.74, 6) is -1.51. The molecule has 2 fully saturated rings. The van der Waals surface area contributed by atoms with E-state index in [4.69, 9.17) is 33.2 Å². The fraction of sp³-hybridized carbons (Fsp3) is 0.491. The molecule has 0 spiro atoms. The number of amides is 4. The predicted octanol–water partition coefficient (Wildman–Crippen LogP) is 5.76. The van der Waals surface area contributed by atoms with Crippen molar-refractivity contribution in [2.75, 3.05) is 109 Å². The van der Waals surface area contributed by atoms with Gasteiger partial charge in [0.25, 0.3) is 17.4 Å². The van der Waals surface area contributed by atoms with Crippen LogP contribution in [-0.4, -0.2) is 150 Å². The summed E-state index contributed by atoms with van der Waals surface area (Å²) in [5, 5.41) is 5.35. The largest absolute Gasteiger partial charge is 0.491 e. The third-order valence-corrected chi connectivity index (χ3v) is 13.2. The second-order valence-corrected chi connectivity index (χ2v) is 18.2. The second kappa shape index (κ2) is 27.1. The summed E-state index contributed by atoms with van der Waals surface area (Å²) >= 11 is 0. The summed E-state index contributed by atoms with van der Waals surface area (Å²) in [6.45, 7) is 14.7. The number of ether oxygens (including phenoxy) is 7. The highest BCUT2D eigenvalue weighted by atomic mass is 16.6. The summed E-state index contributed by atoms with van der Waals surface area (Å²) in [7, 11) is 0. The van der Waals surface area contributed by atoms with E-state index in [-0.39, 0.29) is 41.7 Å². The molecule has 392 valence electrons. The van der Waals surface area contributed by atoms with Crippen molar-refractivity contribution in [3.8, 4) is 16.9 Å². The zero-order valence-electron chi connectivity index (χ0n) is 42.5. The van der Waals surface area contributed by atoms with Crippen LogP contribution in [-0.2, 0) is 44.4 Å². The smallest absolute Gasteiger partial charge is 0.264 e. The van der Waals surface area contributed by atoms with E-state index in [2.05, 4.69) is 33.5 Å². The minimum absolute atomic E-state index is 0.00176. The van der Waals surface area contributed by atoms with Gasteiger partial charge in [-0.2, -0.15) is 0 Å². The third kappa shape index (κ3) is 14.5. The van der Waals surface area contributed by atoms with Gasteiger partial charge >= 0.3 is 0 Å². The number of rotatable bonds is 29. The number of aromatic nitrogens is 1. The lowest BCUT2D eigenvalue weighted by atomic mass is 9.91. The van der Waals surface area contributed by atoms with Crippen molar-refractivity contribution < 1.29 is 57.1 Å². The van der Waals surface area contributed by atoms with Crippen LogP contribution >= 0.6 is 0 Å². The maximum atomic E-state index is 14.1. The van der Waals surface area contributed by atoms with Crippen LogP contribution in [0.4, 0.5) is 11.4 Å². The normalized spacial score (nSPS) is 15.9. The number of piperidine rings is 1. The van der Waals surface area contributed by atoms with Crippen molar-refractivity contribution in [3.05, 3.63) is 110 Å². The molecule has 3 aliphatic heterocycles. The van der Waals surface area contributed by atoms with Gasteiger partial charge in [-0.05, 0) is 118 Å². The van der Waals surface area contributed by atoms with Gasteiger partial charge in [0.1, 0.15) is 18.4 Å². The summed E-state index contributed by atoms with van der Waals surface area (Å²) in [6, 6.07) is 18.2. The van der Waals surface area contributed by atoms with E-state index in [1.165, 1.54) is 0 Å². The molecule has 7 rings (SSSR count). The number of hydrogen-bond donors (Lipinski definition) is 3. The van der Waals surface area contributed by atoms with Gasteiger partial charge < -0.3 is 48.4 Å². The molecule has 4 aromatic rings. The van der Waals surface area contributed by atoms with E-state index in [0.717, 1.165) is 57.9 Å². The fourth-order valence-electron chi connectivity index (χ4n) is 9.53. The zero-order chi connectivity index (χ0) is 51.7. The molecular formula is C55H69N5O13. The highest BCUT2D eigenvalue weighted by Gasteiger charge is 2.45. The first-order valence-corrected chi connectivity index (χ1v) is 25.4. The van der Waals surface area contributed by atoms with E-state index in [1.807, 2.05) is 57.2 Å². The first kappa shape index (κ1) is 54.5. The third-order valence-electron chi connectivity index (χ3n) is 13.2. The van der Waals surface area contributed by atoms with Gasteiger partial charge in [-0.3, -0.25) is 39.0 Å². The summed E-state index contributed by atoms with van der Waals surface area (Å²) in [6.07, 6.45) is 2.56. The van der Waals surface area contributed by atoms with Gasteiger partial charge in [0.15, 0.2) is 5.78 Å². The number of anilines is 2. The van der Waals surface area contributed by atoms with Gasteiger partial charge in [0, 0.05) is 73.4 Å². The number of carbonyl (C=O) groups is 5. The molecule has 0 bridgehead atoms. The van der Waals surface area contributed by atoms with Crippen molar-refractivity contribution in [1.29, 1.82) is 0 Å². The Hall–Kier alpha value is -6.28. The highest BCUT2D eigenvalue weighted by molar-refractivity contribution is 6.25. The Bertz CT molecular complexity index is 2630. The molecule has 2 saturated heterocycles. The average Bonchev–Trinajstić information content (AvgIpc) is 3.63. The molecule has 1 unspecified atom stereocenters. The Morgan fingerprint density at radius 3 is 2.07 bits per heavy atom. The monoisotopic (exact) mass is 1010 g/mol. The molecule has 4 amide bonds. The topological polar surface area (TPSA) is 213 Å². The predicted molar refractivity (Wildman–Crippen MR) is 274 cm³/mol. The number of benzene rings is 3. The number of imide groups is 2. The number of aryl methyl sites for hydroxylation is 2. The van der Waals surface area contributed by atoms with E-state index in [0.29, 0.717) is 127 Å². The number of aromatic amines is 1. The van der Waals surface area contributed by atoms with Crippen molar-refractivity contribution >= 4 is 40.8 Å². The minimum atomic E-state index is -1.02. The van der Waals surface area contributed by atoms with Crippen molar-refractivity contribution in [2.45, 2.75) is 78.3 Å². The van der Waals surface area contributed by atoms with Crippen LogP contribution in [0.2, 0.25) is 0 Å². The highest BCUT2D eigenvalue weighted by Crippen LogP contribution is 2.36. The molecule has 4 heterocycles. The number of carbonyl (C=O) groups excluding carboxylic acids is 5. The van der Waals surface area contributed by atoms with Crippen LogP contribution in [0.3, 0.4) is 0 Å². The van der Waals surface area contributed by atoms with Crippen molar-refractivity contribution in [2.24, 2.45) is 0 Å². The number of H-pyrrole nitrogens is 1. The lowest BCUT2D eigenvalue weighted by Crippen LogP contribution is -2.54. The first-order valence-electron chi connectivity index (χ1n) is 25.4. The molecule has 0 aliphatic carbocycles. The number of pyridine rings is 1. The SMILES string of the molecule is CCN(c1cc(-c2cccc(OCCOCCOCCOCCOCCOCCNc3cccc4c3C(=O)N(C3CCC(=O)NC3=O)C4=O)c2)cc(C(=O)CCc2c(C)cc(C)[nH]c2=O)c1C)C1CCOCC1. The standard InChI is InChI=1S/C55H69N5O13/c1-5-59(41-16-19-67-20-17-41)48-35-40(34-45(38(48)4)49(61)14-12-43-36(2)32-37(3)57-52(43)63)39-8-6-9-42(33-39)73-31-30-72-29-28-71-27-26-70-25-24-69-23-22-68-21-18-56-46-11-7-10-44-51(46)55(66)60(54(44)65)47-13-15-50(62)58-53(47)64/h6-11,32-35,41,47,56H,5,12-31H2,1-4H3,(H,57,63)(H,58,62,64). The van der Waals surface area contributed by atoms with E-state index in [9.17, 15) is 28.8 Å². The summed E-state index contributed by atoms with van der Waals surface area (Å²) in [4.78, 5) is 83.3. The molecular weight excluding hydrogens is 939 g/mol. The Labute approximate surface area is 426 Å². The molecule has 1 atom stereocenters. The summed E-state index contributed by atoms with van der Waals surface area (Å²) in [5.41, 5.74) is 7.54. The lowest BCUT2D eigenvalue weighted by molar-refractivity contribution is -0.136. The molecule has 18 heteroatoms. The molecule has 1 aromatic heterocycles. The fourth-order valence-corrected chi connectivity index (χ4v) is 9.53. The molecule has 18 nitrogen and oxygen atoms in total. The minimum Gasteiger partial charge on any atom is -0.491 e. The molecule has 3 aromatic carbocycles. The number of hydrogen-bond acceptors (Lipinski definition) is 15. The maximum Gasteiger partial charge on any atom is 0.264 e. The number of Topliss-reactive ketones (excluding diaryl/α,β-unsaturated/α-hetero) is 1. The molecule has 3 N–H and O–H groups in total. The van der Waals surface area contributed by atoms with E-state index >= 15 is 0 Å². The Morgan fingerprint density at radius 2 is 1.41 bits per heavy atom. The van der Waals surface area contributed by atoms with Gasteiger partial charge in [0.05, 0.1) is 77.2 Å². The lowest BCUT2D eigenvalue weighted by Gasteiger charge is -2.37. The van der Waals surface area contributed by atoms with Crippen LogP contribution in [0.25, 0.3) is 11.1 Å².